The minimum atomic E-state index is -0.887. The summed E-state index contributed by atoms with van der Waals surface area (Å²) in [6, 6.07) is 7.01. The molecule has 2 rings (SSSR count). The Morgan fingerprint density at radius 2 is 2.41 bits per heavy atom. The van der Waals surface area contributed by atoms with E-state index in [1.165, 1.54) is 0 Å². The van der Waals surface area contributed by atoms with Crippen LogP contribution < -0.4 is 5.32 Å². The van der Waals surface area contributed by atoms with Crippen LogP contribution in [-0.4, -0.2) is 29.8 Å². The van der Waals surface area contributed by atoms with E-state index in [0.717, 1.165) is 18.6 Å². The standard InChI is InChI=1S/C13H17NO3/c1-13(5-6-17-9-13)14-8-10-3-2-4-11(7-10)12(15)16/h2-4,7,14H,5-6,8-9H2,1H3,(H,15,16). The monoisotopic (exact) mass is 235 g/mol. The molecular weight excluding hydrogens is 218 g/mol. The second kappa shape index (κ2) is 4.85. The van der Waals surface area contributed by atoms with Crippen molar-refractivity contribution in [2.24, 2.45) is 0 Å². The average Bonchev–Trinajstić information content (AvgIpc) is 2.75. The van der Waals surface area contributed by atoms with Gasteiger partial charge in [-0.3, -0.25) is 0 Å². The van der Waals surface area contributed by atoms with Gasteiger partial charge < -0.3 is 15.2 Å². The van der Waals surface area contributed by atoms with Gasteiger partial charge in [0.1, 0.15) is 0 Å². The molecule has 1 fully saturated rings. The molecule has 0 bridgehead atoms. The second-order valence-corrected chi connectivity index (χ2v) is 4.72. The predicted octanol–water partition coefficient (Wildman–Crippen LogP) is 1.65. The number of carbonyl (C=O) groups is 1. The van der Waals surface area contributed by atoms with Crippen LogP contribution in [0.25, 0.3) is 0 Å². The minimum absolute atomic E-state index is 0.0131. The first-order valence-corrected chi connectivity index (χ1v) is 5.74. The Kier molecular flexibility index (Phi) is 3.45. The molecule has 0 radical (unpaired) electrons. The topological polar surface area (TPSA) is 58.6 Å². The van der Waals surface area contributed by atoms with Gasteiger partial charge >= 0.3 is 5.97 Å². The summed E-state index contributed by atoms with van der Waals surface area (Å²) in [6.07, 6.45) is 0.992. The van der Waals surface area contributed by atoms with Gasteiger partial charge in [0.05, 0.1) is 12.2 Å². The van der Waals surface area contributed by atoms with Gasteiger partial charge in [0.2, 0.25) is 0 Å². The molecule has 1 atom stereocenters. The Labute approximate surface area is 101 Å². The zero-order chi connectivity index (χ0) is 12.3. The van der Waals surface area contributed by atoms with Crippen LogP contribution in [0.15, 0.2) is 24.3 Å². The van der Waals surface area contributed by atoms with Gasteiger partial charge in [0.15, 0.2) is 0 Å². The van der Waals surface area contributed by atoms with E-state index in [2.05, 4.69) is 12.2 Å². The first-order valence-electron chi connectivity index (χ1n) is 5.74. The van der Waals surface area contributed by atoms with Crippen LogP contribution in [0.2, 0.25) is 0 Å². The maximum Gasteiger partial charge on any atom is 0.335 e. The molecule has 0 aromatic heterocycles. The number of aromatic carboxylic acids is 1. The molecule has 0 spiro atoms. The molecule has 0 saturated carbocycles. The lowest BCUT2D eigenvalue weighted by atomic mass is 10.0. The Bertz CT molecular complexity index is 411. The van der Waals surface area contributed by atoms with E-state index >= 15 is 0 Å². The summed E-state index contributed by atoms with van der Waals surface area (Å²) in [6.45, 7) is 4.30. The van der Waals surface area contributed by atoms with Crippen LogP contribution in [0, 0.1) is 0 Å². The van der Waals surface area contributed by atoms with Crippen LogP contribution in [0.3, 0.4) is 0 Å². The van der Waals surface area contributed by atoms with Gasteiger partial charge in [0, 0.05) is 18.7 Å². The number of hydrogen-bond acceptors (Lipinski definition) is 3. The fraction of sp³-hybridized carbons (Fsp3) is 0.462. The molecule has 1 aromatic carbocycles. The highest BCUT2D eigenvalue weighted by Crippen LogP contribution is 2.18. The van der Waals surface area contributed by atoms with E-state index in [4.69, 9.17) is 9.84 Å². The van der Waals surface area contributed by atoms with Crippen molar-refractivity contribution in [2.45, 2.75) is 25.4 Å². The van der Waals surface area contributed by atoms with E-state index in [0.29, 0.717) is 18.7 Å². The van der Waals surface area contributed by atoms with Crippen molar-refractivity contribution in [3.8, 4) is 0 Å². The molecular formula is C13H17NO3. The van der Waals surface area contributed by atoms with E-state index in [1.807, 2.05) is 6.07 Å². The summed E-state index contributed by atoms with van der Waals surface area (Å²) in [5.74, 6) is -0.887. The zero-order valence-corrected chi connectivity index (χ0v) is 9.90. The van der Waals surface area contributed by atoms with Crippen molar-refractivity contribution >= 4 is 5.97 Å². The normalized spacial score (nSPS) is 23.8. The van der Waals surface area contributed by atoms with Crippen molar-refractivity contribution in [3.63, 3.8) is 0 Å². The first-order chi connectivity index (χ1) is 8.09. The number of benzene rings is 1. The molecule has 1 aliphatic rings. The highest BCUT2D eigenvalue weighted by molar-refractivity contribution is 5.87. The van der Waals surface area contributed by atoms with E-state index < -0.39 is 5.97 Å². The van der Waals surface area contributed by atoms with Gasteiger partial charge in [-0.2, -0.15) is 0 Å². The van der Waals surface area contributed by atoms with E-state index in [1.54, 1.807) is 18.2 Å². The second-order valence-electron chi connectivity index (χ2n) is 4.72. The minimum Gasteiger partial charge on any atom is -0.478 e. The molecule has 4 nitrogen and oxygen atoms in total. The molecule has 0 amide bonds. The molecule has 1 unspecified atom stereocenters. The molecule has 1 aliphatic heterocycles. The molecule has 2 N–H and O–H groups in total. The van der Waals surface area contributed by atoms with Crippen LogP contribution in [0.4, 0.5) is 0 Å². The predicted molar refractivity (Wildman–Crippen MR) is 64.1 cm³/mol. The van der Waals surface area contributed by atoms with Gasteiger partial charge in [0.25, 0.3) is 0 Å². The number of carboxylic acids is 1. The number of ether oxygens (including phenoxy) is 1. The lowest BCUT2D eigenvalue weighted by Gasteiger charge is -2.23. The summed E-state index contributed by atoms with van der Waals surface area (Å²) in [5, 5.41) is 12.3. The molecule has 1 aromatic rings. The molecule has 0 aliphatic carbocycles. The smallest absolute Gasteiger partial charge is 0.335 e. The van der Waals surface area contributed by atoms with Crippen LogP contribution in [-0.2, 0) is 11.3 Å². The summed E-state index contributed by atoms with van der Waals surface area (Å²) in [4.78, 5) is 10.8. The lowest BCUT2D eigenvalue weighted by Crippen LogP contribution is -2.42. The third-order valence-electron chi connectivity index (χ3n) is 3.11. The molecule has 1 heterocycles. The number of nitrogens with one attached hydrogen (secondary N) is 1. The Morgan fingerprint density at radius 1 is 1.59 bits per heavy atom. The Morgan fingerprint density at radius 3 is 3.06 bits per heavy atom. The Hall–Kier alpha value is -1.39. The summed E-state index contributed by atoms with van der Waals surface area (Å²) < 4.78 is 5.35. The maximum absolute atomic E-state index is 10.8. The maximum atomic E-state index is 10.8. The number of hydrogen-bond donors (Lipinski definition) is 2. The highest BCUT2D eigenvalue weighted by Gasteiger charge is 2.28. The quantitative estimate of drug-likeness (QED) is 0.833. The van der Waals surface area contributed by atoms with Crippen molar-refractivity contribution < 1.29 is 14.6 Å². The van der Waals surface area contributed by atoms with E-state index in [-0.39, 0.29) is 5.54 Å². The van der Waals surface area contributed by atoms with Gasteiger partial charge in [-0.25, -0.2) is 4.79 Å². The van der Waals surface area contributed by atoms with Crippen molar-refractivity contribution in [1.29, 1.82) is 0 Å². The summed E-state index contributed by atoms with van der Waals surface area (Å²) >= 11 is 0. The highest BCUT2D eigenvalue weighted by atomic mass is 16.5. The fourth-order valence-corrected chi connectivity index (χ4v) is 1.94. The zero-order valence-electron chi connectivity index (χ0n) is 9.90. The van der Waals surface area contributed by atoms with E-state index in [9.17, 15) is 4.79 Å². The van der Waals surface area contributed by atoms with Crippen LogP contribution >= 0.6 is 0 Å². The molecule has 17 heavy (non-hydrogen) atoms. The Balaban J connectivity index is 1.99. The third-order valence-corrected chi connectivity index (χ3v) is 3.11. The van der Waals surface area contributed by atoms with Crippen molar-refractivity contribution in [1.82, 2.24) is 5.32 Å². The molecule has 92 valence electrons. The third kappa shape index (κ3) is 3.05. The summed E-state index contributed by atoms with van der Waals surface area (Å²) in [7, 11) is 0. The largest absolute Gasteiger partial charge is 0.478 e. The summed E-state index contributed by atoms with van der Waals surface area (Å²) in [5.41, 5.74) is 1.33. The van der Waals surface area contributed by atoms with Gasteiger partial charge in [-0.1, -0.05) is 12.1 Å². The first kappa shape index (κ1) is 12.1. The fourth-order valence-electron chi connectivity index (χ4n) is 1.94. The number of rotatable bonds is 4. The lowest BCUT2D eigenvalue weighted by molar-refractivity contribution is 0.0696. The van der Waals surface area contributed by atoms with Crippen LogP contribution in [0.5, 0.6) is 0 Å². The van der Waals surface area contributed by atoms with Gasteiger partial charge in [-0.15, -0.1) is 0 Å². The SMILES string of the molecule is CC1(NCc2cccc(C(=O)O)c2)CCOC1. The van der Waals surface area contributed by atoms with Gasteiger partial charge in [-0.05, 0) is 31.0 Å². The van der Waals surface area contributed by atoms with Crippen molar-refractivity contribution in [2.75, 3.05) is 13.2 Å². The molecule has 1 saturated heterocycles. The average molecular weight is 235 g/mol. The molecule has 4 heteroatoms. The van der Waals surface area contributed by atoms with Crippen molar-refractivity contribution in [3.05, 3.63) is 35.4 Å². The number of carboxylic acid groups (broad SMARTS) is 1. The van der Waals surface area contributed by atoms with Crippen LogP contribution in [0.1, 0.15) is 29.3 Å².